The molecular weight excluding hydrogens is 402 g/mol. The highest BCUT2D eigenvalue weighted by Crippen LogP contribution is 2.33. The summed E-state index contributed by atoms with van der Waals surface area (Å²) in [6.07, 6.45) is -9.76. The van der Waals surface area contributed by atoms with Crippen LogP contribution in [0.5, 0.6) is 0 Å². The smallest absolute Gasteiger partial charge is 0.331 e. The number of hydrogen-bond acceptors (Lipinski definition) is 2. The number of alkyl halides is 6. The molecule has 9 heteroatoms. The average molecular weight is 418 g/mol. The molecule has 2 nitrogen and oxygen atoms in total. The summed E-state index contributed by atoms with van der Waals surface area (Å²) in [6.45, 7) is 1.73. The lowest BCUT2D eigenvalue weighted by Gasteiger charge is -2.11. The molecule has 0 atom stereocenters. The Morgan fingerprint density at radius 3 is 2.21 bits per heavy atom. The van der Waals surface area contributed by atoms with Crippen molar-refractivity contribution in [1.29, 1.82) is 0 Å². The molecule has 1 aromatic heterocycles. The predicted octanol–water partition coefficient (Wildman–Crippen LogP) is 6.31. The van der Waals surface area contributed by atoms with Crippen LogP contribution in [0.2, 0.25) is 0 Å². The first kappa shape index (κ1) is 20.6. The zero-order valence-corrected chi connectivity index (χ0v) is 15.8. The summed E-state index contributed by atoms with van der Waals surface area (Å²) < 4.78 is 77.0. The van der Waals surface area contributed by atoms with Crippen molar-refractivity contribution in [1.82, 2.24) is 9.55 Å². The Hall–Kier alpha value is -2.16. The molecule has 0 saturated carbocycles. The van der Waals surface area contributed by atoms with Crippen LogP contribution in [0.4, 0.5) is 26.3 Å². The molecule has 0 saturated heterocycles. The van der Waals surface area contributed by atoms with E-state index in [9.17, 15) is 26.3 Å². The van der Waals surface area contributed by atoms with Crippen molar-refractivity contribution >= 4 is 22.8 Å². The third kappa shape index (κ3) is 4.81. The maximum atomic E-state index is 12.7. The van der Waals surface area contributed by atoms with Crippen molar-refractivity contribution in [2.24, 2.45) is 7.05 Å². The minimum atomic E-state index is -4.36. The summed E-state index contributed by atoms with van der Waals surface area (Å²) >= 11 is 0.710. The van der Waals surface area contributed by atoms with Gasteiger partial charge in [-0.2, -0.15) is 26.3 Å². The van der Waals surface area contributed by atoms with E-state index in [2.05, 4.69) is 4.98 Å². The van der Waals surface area contributed by atoms with Gasteiger partial charge in [0, 0.05) is 11.9 Å². The first-order valence-electron chi connectivity index (χ1n) is 8.26. The number of fused-ring (bicyclic) bond motifs is 1. The Labute approximate surface area is 161 Å². The highest BCUT2D eigenvalue weighted by Gasteiger charge is 2.30. The highest BCUT2D eigenvalue weighted by molar-refractivity contribution is 7.99. The third-order valence-electron chi connectivity index (χ3n) is 4.24. The number of thioether (sulfide) groups is 1. The second-order valence-electron chi connectivity index (χ2n) is 6.47. The minimum absolute atomic E-state index is 0.0926. The summed E-state index contributed by atoms with van der Waals surface area (Å²) in [5.41, 5.74) is 3.05. The highest BCUT2D eigenvalue weighted by atomic mass is 32.2. The van der Waals surface area contributed by atoms with Gasteiger partial charge in [0.05, 0.1) is 16.8 Å². The van der Waals surface area contributed by atoms with Crippen LogP contribution in [0.25, 0.3) is 22.2 Å². The van der Waals surface area contributed by atoms with Gasteiger partial charge in [0.15, 0.2) is 0 Å². The van der Waals surface area contributed by atoms with E-state index in [1.54, 1.807) is 43.3 Å². The number of halogens is 6. The number of aryl methyl sites for hydroxylation is 2. The van der Waals surface area contributed by atoms with Crippen LogP contribution in [0.3, 0.4) is 0 Å². The summed E-state index contributed by atoms with van der Waals surface area (Å²) in [7, 11) is 1.52. The SMILES string of the molecule is Cc1ccc(-c2ccc3c(c2)nc(CC(F)(F)F)n3C)cc1SCC(F)(F)F. The number of imidazole rings is 1. The summed E-state index contributed by atoms with van der Waals surface area (Å²) in [5, 5.41) is 0. The molecule has 1 heterocycles. The van der Waals surface area contributed by atoms with Crippen LogP contribution in [-0.4, -0.2) is 27.7 Å². The first-order chi connectivity index (χ1) is 12.9. The van der Waals surface area contributed by atoms with Crippen LogP contribution < -0.4 is 0 Å². The van der Waals surface area contributed by atoms with E-state index in [1.165, 1.54) is 11.6 Å². The molecule has 0 aliphatic carbocycles. The normalized spacial score (nSPS) is 12.7. The van der Waals surface area contributed by atoms with Crippen molar-refractivity contribution in [3.63, 3.8) is 0 Å². The summed E-state index contributed by atoms with van der Waals surface area (Å²) in [5.74, 6) is -1.08. The number of hydrogen-bond donors (Lipinski definition) is 0. The van der Waals surface area contributed by atoms with Crippen LogP contribution in [0.15, 0.2) is 41.3 Å². The van der Waals surface area contributed by atoms with Crippen molar-refractivity contribution in [3.05, 3.63) is 47.8 Å². The fourth-order valence-corrected chi connectivity index (χ4v) is 3.69. The van der Waals surface area contributed by atoms with E-state index in [0.717, 1.165) is 5.56 Å². The average Bonchev–Trinajstić information content (AvgIpc) is 2.87. The van der Waals surface area contributed by atoms with Crippen LogP contribution in [-0.2, 0) is 13.5 Å². The Kier molecular flexibility index (Phi) is 5.40. The summed E-state index contributed by atoms with van der Waals surface area (Å²) in [4.78, 5) is 4.59. The molecule has 3 rings (SSSR count). The predicted molar refractivity (Wildman–Crippen MR) is 97.4 cm³/mol. The molecule has 0 amide bonds. The van der Waals surface area contributed by atoms with E-state index in [4.69, 9.17) is 0 Å². The lowest BCUT2D eigenvalue weighted by atomic mass is 10.0. The van der Waals surface area contributed by atoms with Crippen molar-refractivity contribution in [3.8, 4) is 11.1 Å². The largest absolute Gasteiger partial charge is 0.398 e. The van der Waals surface area contributed by atoms with Crippen LogP contribution in [0, 0.1) is 6.92 Å². The Bertz CT molecular complexity index is 1000. The molecule has 3 aromatic rings. The molecule has 0 N–H and O–H groups in total. The Balaban J connectivity index is 1.95. The van der Waals surface area contributed by atoms with E-state index in [1.807, 2.05) is 0 Å². The number of rotatable bonds is 4. The number of benzene rings is 2. The topological polar surface area (TPSA) is 17.8 Å². The van der Waals surface area contributed by atoms with Gasteiger partial charge < -0.3 is 4.57 Å². The zero-order valence-electron chi connectivity index (χ0n) is 14.9. The number of aromatic nitrogens is 2. The van der Waals surface area contributed by atoms with E-state index in [-0.39, 0.29) is 5.82 Å². The minimum Gasteiger partial charge on any atom is -0.331 e. The molecule has 0 bridgehead atoms. The van der Waals surface area contributed by atoms with Gasteiger partial charge in [-0.15, -0.1) is 11.8 Å². The standard InChI is InChI=1S/C19H16F6N2S/c1-11-3-4-13(8-16(11)28-10-19(23,24)25)12-5-6-15-14(7-12)26-17(27(15)2)9-18(20,21)22/h3-8H,9-10H2,1-2H3. The van der Waals surface area contributed by atoms with Crippen LogP contribution >= 0.6 is 11.8 Å². The molecule has 0 spiro atoms. The molecule has 0 radical (unpaired) electrons. The van der Waals surface area contributed by atoms with Gasteiger partial charge in [0.2, 0.25) is 0 Å². The van der Waals surface area contributed by atoms with Gasteiger partial charge in [-0.1, -0.05) is 18.2 Å². The first-order valence-corrected chi connectivity index (χ1v) is 9.24. The van der Waals surface area contributed by atoms with Gasteiger partial charge in [-0.05, 0) is 41.8 Å². The van der Waals surface area contributed by atoms with Gasteiger partial charge in [-0.3, -0.25) is 0 Å². The molecule has 150 valence electrons. The fraction of sp³-hybridized carbons (Fsp3) is 0.316. The van der Waals surface area contributed by atoms with Crippen molar-refractivity contribution in [2.75, 3.05) is 5.75 Å². The van der Waals surface area contributed by atoms with E-state index in [0.29, 0.717) is 38.8 Å². The molecule has 0 fully saturated rings. The summed E-state index contributed by atoms with van der Waals surface area (Å²) in [6, 6.07) is 10.2. The molecule has 0 unspecified atom stereocenters. The van der Waals surface area contributed by atoms with Crippen LogP contribution in [0.1, 0.15) is 11.4 Å². The maximum Gasteiger partial charge on any atom is 0.398 e. The molecule has 0 aliphatic rings. The van der Waals surface area contributed by atoms with Gasteiger partial charge in [0.25, 0.3) is 0 Å². The fourth-order valence-electron chi connectivity index (χ4n) is 2.86. The Morgan fingerprint density at radius 2 is 1.57 bits per heavy atom. The second kappa shape index (κ2) is 7.35. The third-order valence-corrected chi connectivity index (χ3v) is 5.47. The second-order valence-corrected chi connectivity index (χ2v) is 7.48. The van der Waals surface area contributed by atoms with Crippen molar-refractivity contribution < 1.29 is 26.3 Å². The van der Waals surface area contributed by atoms with Gasteiger partial charge in [0.1, 0.15) is 12.2 Å². The molecular formula is C19H16F6N2S. The lowest BCUT2D eigenvalue weighted by Crippen LogP contribution is -2.15. The molecule has 0 aliphatic heterocycles. The van der Waals surface area contributed by atoms with Gasteiger partial charge in [-0.25, -0.2) is 4.98 Å². The lowest BCUT2D eigenvalue weighted by molar-refractivity contribution is -0.128. The molecule has 2 aromatic carbocycles. The number of nitrogens with zero attached hydrogens (tertiary/aromatic N) is 2. The van der Waals surface area contributed by atoms with Crippen molar-refractivity contribution in [2.45, 2.75) is 30.6 Å². The van der Waals surface area contributed by atoms with Gasteiger partial charge >= 0.3 is 12.4 Å². The Morgan fingerprint density at radius 1 is 0.929 bits per heavy atom. The monoisotopic (exact) mass is 418 g/mol. The maximum absolute atomic E-state index is 12.7. The van der Waals surface area contributed by atoms with E-state index >= 15 is 0 Å². The quantitative estimate of drug-likeness (QED) is 0.365. The van der Waals surface area contributed by atoms with E-state index < -0.39 is 24.5 Å². The molecule has 28 heavy (non-hydrogen) atoms. The zero-order chi connectivity index (χ0) is 20.7.